The van der Waals surface area contributed by atoms with Gasteiger partial charge in [-0.1, -0.05) is 38.1 Å². The van der Waals surface area contributed by atoms with Crippen LogP contribution in [0.15, 0.2) is 24.3 Å². The normalized spacial score (nSPS) is 16.0. The van der Waals surface area contributed by atoms with Crippen molar-refractivity contribution in [2.45, 2.75) is 58.0 Å². The lowest BCUT2D eigenvalue weighted by molar-refractivity contribution is -0.123. The maximum Gasteiger partial charge on any atom is 0.220 e. The number of hydrogen-bond donors (Lipinski definition) is 2. The van der Waals surface area contributed by atoms with Gasteiger partial charge in [0.25, 0.3) is 0 Å². The second-order valence-electron chi connectivity index (χ2n) is 7.07. The van der Waals surface area contributed by atoms with Crippen molar-refractivity contribution >= 4 is 11.7 Å². The van der Waals surface area contributed by atoms with E-state index in [1.54, 1.807) is 0 Å². The molecule has 4 heteroatoms. The first-order valence-corrected chi connectivity index (χ1v) is 8.49. The SMILES string of the molecule is CC(C)Cc1ccc(C(=O)CCC(=O)NCC2(O)CCC2)cc1. The summed E-state index contributed by atoms with van der Waals surface area (Å²) in [7, 11) is 0. The fourth-order valence-corrected chi connectivity index (χ4v) is 2.78. The molecule has 23 heavy (non-hydrogen) atoms. The van der Waals surface area contributed by atoms with E-state index in [0.29, 0.717) is 18.0 Å². The summed E-state index contributed by atoms with van der Waals surface area (Å²) in [5.74, 6) is 0.402. The van der Waals surface area contributed by atoms with Crippen molar-refractivity contribution in [2.75, 3.05) is 6.54 Å². The number of carbonyl (C=O) groups is 2. The fraction of sp³-hybridized carbons (Fsp3) is 0.579. The molecule has 2 N–H and O–H groups in total. The van der Waals surface area contributed by atoms with Gasteiger partial charge in [-0.2, -0.15) is 0 Å². The Morgan fingerprint density at radius 1 is 1.17 bits per heavy atom. The number of carbonyl (C=O) groups excluding carboxylic acids is 2. The van der Waals surface area contributed by atoms with Crippen LogP contribution in [0.5, 0.6) is 0 Å². The lowest BCUT2D eigenvalue weighted by Gasteiger charge is -2.36. The number of nitrogens with one attached hydrogen (secondary N) is 1. The van der Waals surface area contributed by atoms with Gasteiger partial charge in [0.15, 0.2) is 5.78 Å². The Hall–Kier alpha value is -1.68. The largest absolute Gasteiger partial charge is 0.388 e. The zero-order chi connectivity index (χ0) is 16.9. The topological polar surface area (TPSA) is 66.4 Å². The van der Waals surface area contributed by atoms with E-state index >= 15 is 0 Å². The van der Waals surface area contributed by atoms with Crippen LogP contribution in [0.2, 0.25) is 0 Å². The average molecular weight is 317 g/mol. The smallest absolute Gasteiger partial charge is 0.220 e. The van der Waals surface area contributed by atoms with Gasteiger partial charge < -0.3 is 10.4 Å². The van der Waals surface area contributed by atoms with Gasteiger partial charge in [0.05, 0.1) is 5.60 Å². The second kappa shape index (κ2) is 7.73. The molecule has 0 aliphatic heterocycles. The summed E-state index contributed by atoms with van der Waals surface area (Å²) < 4.78 is 0. The first-order chi connectivity index (χ1) is 10.9. The van der Waals surface area contributed by atoms with Gasteiger partial charge in [-0.25, -0.2) is 0 Å². The van der Waals surface area contributed by atoms with Crippen LogP contribution >= 0.6 is 0 Å². The monoisotopic (exact) mass is 317 g/mol. The van der Waals surface area contributed by atoms with E-state index < -0.39 is 5.60 Å². The minimum atomic E-state index is -0.716. The predicted octanol–water partition coefficient (Wildman–Crippen LogP) is 2.88. The lowest BCUT2D eigenvalue weighted by atomic mass is 9.80. The van der Waals surface area contributed by atoms with E-state index in [2.05, 4.69) is 19.2 Å². The zero-order valence-corrected chi connectivity index (χ0v) is 14.1. The molecule has 1 aromatic rings. The quantitative estimate of drug-likeness (QED) is 0.725. The highest BCUT2D eigenvalue weighted by Crippen LogP contribution is 2.30. The summed E-state index contributed by atoms with van der Waals surface area (Å²) in [4.78, 5) is 23.9. The average Bonchev–Trinajstić information content (AvgIpc) is 2.48. The number of rotatable bonds is 8. The van der Waals surface area contributed by atoms with Gasteiger partial charge in [0, 0.05) is 24.9 Å². The molecule has 0 bridgehead atoms. The van der Waals surface area contributed by atoms with Crippen LogP contribution in [0.3, 0.4) is 0 Å². The van der Waals surface area contributed by atoms with Gasteiger partial charge in [0.1, 0.15) is 0 Å². The third-order valence-corrected chi connectivity index (χ3v) is 4.40. The van der Waals surface area contributed by atoms with Crippen molar-refractivity contribution in [3.05, 3.63) is 35.4 Å². The van der Waals surface area contributed by atoms with Crippen LogP contribution in [0.4, 0.5) is 0 Å². The van der Waals surface area contributed by atoms with Gasteiger partial charge >= 0.3 is 0 Å². The Balaban J connectivity index is 1.74. The summed E-state index contributed by atoms with van der Waals surface area (Å²) in [5.41, 5.74) is 1.16. The number of aliphatic hydroxyl groups is 1. The van der Waals surface area contributed by atoms with E-state index in [9.17, 15) is 14.7 Å². The number of hydrogen-bond acceptors (Lipinski definition) is 3. The molecule has 0 unspecified atom stereocenters. The van der Waals surface area contributed by atoms with E-state index in [1.165, 1.54) is 5.56 Å². The van der Waals surface area contributed by atoms with E-state index in [0.717, 1.165) is 25.7 Å². The molecule has 2 rings (SSSR count). The van der Waals surface area contributed by atoms with E-state index in [-0.39, 0.29) is 24.5 Å². The summed E-state index contributed by atoms with van der Waals surface area (Å²) in [6.07, 6.45) is 3.87. The minimum Gasteiger partial charge on any atom is -0.388 e. The van der Waals surface area contributed by atoms with Crippen LogP contribution in [-0.2, 0) is 11.2 Å². The molecule has 1 aromatic carbocycles. The molecular formula is C19H27NO3. The van der Waals surface area contributed by atoms with Crippen LogP contribution in [0, 0.1) is 5.92 Å². The minimum absolute atomic E-state index is 0.0152. The highest BCUT2D eigenvalue weighted by Gasteiger charge is 2.34. The van der Waals surface area contributed by atoms with Crippen LogP contribution in [-0.4, -0.2) is 28.9 Å². The highest BCUT2D eigenvalue weighted by atomic mass is 16.3. The van der Waals surface area contributed by atoms with Crippen LogP contribution in [0.25, 0.3) is 0 Å². The van der Waals surface area contributed by atoms with Crippen molar-refractivity contribution in [3.8, 4) is 0 Å². The molecule has 1 aliphatic carbocycles. The molecule has 4 nitrogen and oxygen atoms in total. The molecule has 0 radical (unpaired) electrons. The van der Waals surface area contributed by atoms with Gasteiger partial charge in [0.2, 0.25) is 5.91 Å². The van der Waals surface area contributed by atoms with Gasteiger partial charge in [-0.15, -0.1) is 0 Å². The van der Waals surface area contributed by atoms with Crippen molar-refractivity contribution in [1.82, 2.24) is 5.32 Å². The Morgan fingerprint density at radius 3 is 2.35 bits per heavy atom. The second-order valence-corrected chi connectivity index (χ2v) is 7.07. The number of ketones is 1. The van der Waals surface area contributed by atoms with Crippen LogP contribution in [0.1, 0.15) is 61.9 Å². The summed E-state index contributed by atoms with van der Waals surface area (Å²) >= 11 is 0. The summed E-state index contributed by atoms with van der Waals surface area (Å²) in [6, 6.07) is 7.66. The summed E-state index contributed by atoms with van der Waals surface area (Å²) in [5, 5.41) is 12.6. The zero-order valence-electron chi connectivity index (χ0n) is 14.1. The van der Waals surface area contributed by atoms with Gasteiger partial charge in [-0.3, -0.25) is 9.59 Å². The Kier molecular flexibility index (Phi) is 5.94. The van der Waals surface area contributed by atoms with E-state index in [1.807, 2.05) is 24.3 Å². The maximum atomic E-state index is 12.1. The first-order valence-electron chi connectivity index (χ1n) is 8.49. The molecular weight excluding hydrogens is 290 g/mol. The van der Waals surface area contributed by atoms with Crippen molar-refractivity contribution < 1.29 is 14.7 Å². The van der Waals surface area contributed by atoms with Crippen molar-refractivity contribution in [3.63, 3.8) is 0 Å². The van der Waals surface area contributed by atoms with Crippen LogP contribution < -0.4 is 5.32 Å². The molecule has 1 aliphatic rings. The number of Topliss-reactive ketones (excluding diaryl/α,β-unsaturated/α-hetero) is 1. The van der Waals surface area contributed by atoms with Crippen molar-refractivity contribution in [2.24, 2.45) is 5.92 Å². The molecule has 1 amide bonds. The maximum absolute atomic E-state index is 12.1. The van der Waals surface area contributed by atoms with E-state index in [4.69, 9.17) is 0 Å². The Morgan fingerprint density at radius 2 is 1.83 bits per heavy atom. The summed E-state index contributed by atoms with van der Waals surface area (Å²) in [6.45, 7) is 4.62. The fourth-order valence-electron chi connectivity index (χ4n) is 2.78. The Labute approximate surface area is 138 Å². The molecule has 1 saturated carbocycles. The third kappa shape index (κ3) is 5.47. The molecule has 0 spiro atoms. The molecule has 0 saturated heterocycles. The van der Waals surface area contributed by atoms with Crippen molar-refractivity contribution in [1.29, 1.82) is 0 Å². The molecule has 0 aromatic heterocycles. The number of amides is 1. The molecule has 126 valence electrons. The number of benzene rings is 1. The highest BCUT2D eigenvalue weighted by molar-refractivity contribution is 5.97. The molecule has 1 fully saturated rings. The predicted molar refractivity (Wildman–Crippen MR) is 90.4 cm³/mol. The lowest BCUT2D eigenvalue weighted by Crippen LogP contribution is -2.47. The first kappa shape index (κ1) is 17.7. The standard InChI is InChI=1S/C19H27NO3/c1-14(2)12-15-4-6-16(7-5-15)17(21)8-9-18(22)20-13-19(23)10-3-11-19/h4-7,14,23H,3,8-13H2,1-2H3,(H,20,22). The molecule has 0 heterocycles. The van der Waals surface area contributed by atoms with Gasteiger partial charge in [-0.05, 0) is 37.2 Å². The molecule has 0 atom stereocenters. The third-order valence-electron chi connectivity index (χ3n) is 4.40. The Bertz CT molecular complexity index is 544.